The minimum Gasteiger partial charge on any atom is -0.476 e. The van der Waals surface area contributed by atoms with Crippen molar-refractivity contribution in [3.05, 3.63) is 11.4 Å². The van der Waals surface area contributed by atoms with E-state index in [0.29, 0.717) is 31.9 Å². The molecule has 21 heavy (non-hydrogen) atoms. The fraction of sp³-hybridized carbons (Fsp3) is 0.667. The Morgan fingerprint density at radius 1 is 1.38 bits per heavy atom. The number of aromatic nitrogens is 2. The maximum atomic E-state index is 11.6. The summed E-state index contributed by atoms with van der Waals surface area (Å²) < 4.78 is 29.9. The van der Waals surface area contributed by atoms with Gasteiger partial charge in [0.2, 0.25) is 15.0 Å². The van der Waals surface area contributed by atoms with E-state index in [0.717, 1.165) is 19.3 Å². The molecule has 1 aliphatic rings. The summed E-state index contributed by atoms with van der Waals surface area (Å²) in [5.74, 6) is -1.21. The lowest BCUT2D eigenvalue weighted by molar-refractivity contribution is 0.0381. The van der Waals surface area contributed by atoms with Crippen LogP contribution in [0.4, 0.5) is 0 Å². The Hall–Kier alpha value is -1.45. The van der Waals surface area contributed by atoms with E-state index >= 15 is 0 Å². The molecule has 1 aromatic rings. The lowest BCUT2D eigenvalue weighted by atomic mass is 10.2. The number of sulfone groups is 1. The van der Waals surface area contributed by atoms with Crippen molar-refractivity contribution in [3.8, 4) is 0 Å². The first kappa shape index (κ1) is 15.9. The highest BCUT2D eigenvalue weighted by atomic mass is 32.2. The predicted molar refractivity (Wildman–Crippen MR) is 74.2 cm³/mol. The first-order valence-electron chi connectivity index (χ1n) is 6.59. The number of hydrogen-bond donors (Lipinski definition) is 1. The Bertz CT molecular complexity index is 632. The quantitative estimate of drug-likeness (QED) is 0.773. The van der Waals surface area contributed by atoms with Crippen molar-refractivity contribution in [2.45, 2.75) is 11.6 Å². The van der Waals surface area contributed by atoms with Crippen LogP contribution in [0, 0.1) is 0 Å². The highest BCUT2D eigenvalue weighted by Gasteiger charge is 2.25. The highest BCUT2D eigenvalue weighted by Crippen LogP contribution is 2.16. The van der Waals surface area contributed by atoms with Crippen LogP contribution in [-0.4, -0.2) is 73.0 Å². The smallest absolute Gasteiger partial charge is 0.356 e. The van der Waals surface area contributed by atoms with Crippen molar-refractivity contribution in [1.29, 1.82) is 0 Å². The van der Waals surface area contributed by atoms with Gasteiger partial charge in [-0.25, -0.2) is 18.2 Å². The first-order chi connectivity index (χ1) is 9.80. The number of morpholine rings is 1. The third-order valence-corrected chi connectivity index (χ3v) is 4.50. The van der Waals surface area contributed by atoms with Gasteiger partial charge in [-0.2, -0.15) is 0 Å². The molecule has 0 spiro atoms. The fourth-order valence-electron chi connectivity index (χ4n) is 2.39. The average Bonchev–Trinajstić information content (AvgIpc) is 2.75. The monoisotopic (exact) mass is 317 g/mol. The second-order valence-electron chi connectivity index (χ2n) is 5.03. The Balaban J connectivity index is 2.24. The maximum absolute atomic E-state index is 11.6. The molecule has 0 saturated carbocycles. The van der Waals surface area contributed by atoms with Gasteiger partial charge in [0.25, 0.3) is 0 Å². The molecule has 0 aliphatic carbocycles. The third-order valence-electron chi connectivity index (χ3n) is 3.48. The summed E-state index contributed by atoms with van der Waals surface area (Å²) in [4.78, 5) is 17.2. The van der Waals surface area contributed by atoms with Crippen LogP contribution in [0.2, 0.25) is 0 Å². The highest BCUT2D eigenvalue weighted by molar-refractivity contribution is 7.90. The first-order valence-corrected chi connectivity index (χ1v) is 8.49. The van der Waals surface area contributed by atoms with Gasteiger partial charge in [0.1, 0.15) is 0 Å². The molecule has 1 aliphatic heterocycles. The second kappa shape index (κ2) is 6.12. The van der Waals surface area contributed by atoms with Crippen LogP contribution in [0.3, 0.4) is 0 Å². The number of rotatable bonds is 5. The van der Waals surface area contributed by atoms with E-state index < -0.39 is 15.8 Å². The van der Waals surface area contributed by atoms with Gasteiger partial charge < -0.3 is 14.4 Å². The minimum absolute atomic E-state index is 0.189. The minimum atomic E-state index is -3.56. The second-order valence-corrected chi connectivity index (χ2v) is 6.94. The molecule has 0 radical (unpaired) electrons. The van der Waals surface area contributed by atoms with Gasteiger partial charge in [0, 0.05) is 39.4 Å². The Morgan fingerprint density at radius 3 is 2.52 bits per heavy atom. The molecule has 2 rings (SSSR count). The topological polar surface area (TPSA) is 102 Å². The van der Waals surface area contributed by atoms with Gasteiger partial charge >= 0.3 is 5.97 Å². The molecule has 1 saturated heterocycles. The fourth-order valence-corrected chi connectivity index (χ4v) is 3.25. The summed E-state index contributed by atoms with van der Waals surface area (Å²) in [6.45, 7) is 3.54. The number of imidazole rings is 1. The molecule has 0 amide bonds. The molecule has 1 N–H and O–H groups in total. The van der Waals surface area contributed by atoms with Crippen LogP contribution in [0.5, 0.6) is 0 Å². The van der Waals surface area contributed by atoms with Crippen molar-refractivity contribution in [3.63, 3.8) is 0 Å². The van der Waals surface area contributed by atoms with Gasteiger partial charge in [0.05, 0.1) is 18.9 Å². The van der Waals surface area contributed by atoms with Crippen molar-refractivity contribution in [1.82, 2.24) is 14.5 Å². The van der Waals surface area contributed by atoms with Crippen LogP contribution in [-0.2, 0) is 28.0 Å². The summed E-state index contributed by atoms with van der Waals surface area (Å²) in [5, 5.41) is 8.99. The maximum Gasteiger partial charge on any atom is 0.356 e. The molecule has 0 unspecified atom stereocenters. The number of carboxylic acid groups (broad SMARTS) is 1. The van der Waals surface area contributed by atoms with Gasteiger partial charge in [-0.1, -0.05) is 0 Å². The standard InChI is InChI=1S/C12H19N3O5S/c1-14-9(3-4-15-5-7-20-8-6-15)10(11(16)17)13-12(14)21(2,18)19/h3-8H2,1-2H3,(H,16,17). The number of nitrogens with zero attached hydrogens (tertiary/aromatic N) is 3. The number of carboxylic acids is 1. The zero-order valence-corrected chi connectivity index (χ0v) is 12.9. The molecule has 118 valence electrons. The molecule has 0 atom stereocenters. The molecule has 1 aromatic heterocycles. The Morgan fingerprint density at radius 2 is 2.00 bits per heavy atom. The summed E-state index contributed by atoms with van der Waals surface area (Å²) in [6, 6.07) is 0. The predicted octanol–water partition coefficient (Wildman–Crippen LogP) is -0.603. The normalized spacial score (nSPS) is 17.0. The summed E-state index contributed by atoms with van der Waals surface area (Å²) >= 11 is 0. The lowest BCUT2D eigenvalue weighted by Gasteiger charge is -2.26. The Kier molecular flexibility index (Phi) is 4.64. The molecule has 0 aromatic carbocycles. The van der Waals surface area contributed by atoms with Crippen LogP contribution in [0.15, 0.2) is 5.16 Å². The number of carbonyl (C=O) groups is 1. The van der Waals surface area contributed by atoms with E-state index in [1.165, 1.54) is 11.6 Å². The van der Waals surface area contributed by atoms with Gasteiger partial charge in [-0.3, -0.25) is 4.90 Å². The molecular formula is C12H19N3O5S. The van der Waals surface area contributed by atoms with Gasteiger partial charge in [-0.15, -0.1) is 0 Å². The number of hydrogen-bond acceptors (Lipinski definition) is 6. The van der Waals surface area contributed by atoms with E-state index in [-0.39, 0.29) is 10.9 Å². The van der Waals surface area contributed by atoms with Crippen LogP contribution < -0.4 is 0 Å². The van der Waals surface area contributed by atoms with E-state index in [2.05, 4.69) is 9.88 Å². The van der Waals surface area contributed by atoms with Crippen LogP contribution >= 0.6 is 0 Å². The van der Waals surface area contributed by atoms with E-state index in [9.17, 15) is 18.3 Å². The molecule has 2 heterocycles. The van der Waals surface area contributed by atoms with Crippen molar-refractivity contribution in [2.75, 3.05) is 39.1 Å². The SMILES string of the molecule is Cn1c(S(C)(=O)=O)nc(C(=O)O)c1CCN1CCOCC1. The van der Waals surface area contributed by atoms with Gasteiger partial charge in [-0.05, 0) is 0 Å². The van der Waals surface area contributed by atoms with Crippen molar-refractivity contribution < 1.29 is 23.1 Å². The number of aromatic carboxylic acids is 1. The van der Waals surface area contributed by atoms with Crippen molar-refractivity contribution in [2.24, 2.45) is 7.05 Å². The van der Waals surface area contributed by atoms with Crippen LogP contribution in [0.25, 0.3) is 0 Å². The van der Waals surface area contributed by atoms with Crippen LogP contribution in [0.1, 0.15) is 16.2 Å². The third kappa shape index (κ3) is 3.60. The summed E-state index contributed by atoms with van der Waals surface area (Å²) in [6.07, 6.45) is 1.45. The number of ether oxygens (including phenoxy) is 1. The van der Waals surface area contributed by atoms with E-state index in [1.807, 2.05) is 0 Å². The molecule has 8 nitrogen and oxygen atoms in total. The lowest BCUT2D eigenvalue weighted by Crippen LogP contribution is -2.37. The summed E-state index contributed by atoms with van der Waals surface area (Å²) in [7, 11) is -2.02. The summed E-state index contributed by atoms with van der Waals surface area (Å²) in [5.41, 5.74) is 0.237. The van der Waals surface area contributed by atoms with Crippen molar-refractivity contribution >= 4 is 15.8 Å². The van der Waals surface area contributed by atoms with E-state index in [4.69, 9.17) is 4.74 Å². The zero-order chi connectivity index (χ0) is 15.6. The average molecular weight is 317 g/mol. The zero-order valence-electron chi connectivity index (χ0n) is 12.1. The van der Waals surface area contributed by atoms with E-state index in [1.54, 1.807) is 0 Å². The molecule has 1 fully saturated rings. The molecular weight excluding hydrogens is 298 g/mol. The Labute approximate surface area is 123 Å². The largest absolute Gasteiger partial charge is 0.476 e. The van der Waals surface area contributed by atoms with Gasteiger partial charge in [0.15, 0.2) is 5.69 Å². The molecule has 0 bridgehead atoms. The molecule has 9 heteroatoms.